The van der Waals surface area contributed by atoms with E-state index in [0.29, 0.717) is 13.1 Å². The van der Waals surface area contributed by atoms with Crippen LogP contribution in [0.5, 0.6) is 0 Å². The van der Waals surface area contributed by atoms with E-state index in [1.165, 1.54) is 0 Å². The molecular weight excluding hydrogens is 268 g/mol. The predicted octanol–water partition coefficient (Wildman–Crippen LogP) is 2.33. The molecule has 1 unspecified atom stereocenters. The lowest BCUT2D eigenvalue weighted by Gasteiger charge is -2.21. The van der Waals surface area contributed by atoms with Crippen molar-refractivity contribution in [1.82, 2.24) is 4.90 Å². The van der Waals surface area contributed by atoms with Gasteiger partial charge in [0.15, 0.2) is 0 Å². The second kappa shape index (κ2) is 6.64. The molecular formula is C12H15BrN2O. The second-order valence-electron chi connectivity index (χ2n) is 3.56. The smallest absolute Gasteiger partial charge is 0.0917 e. The van der Waals surface area contributed by atoms with Crippen LogP contribution >= 0.6 is 15.9 Å². The number of benzene rings is 1. The zero-order valence-electron chi connectivity index (χ0n) is 9.23. The monoisotopic (exact) mass is 282 g/mol. The maximum Gasteiger partial charge on any atom is 0.0917 e. The Hall–Kier alpha value is -0.890. The molecule has 1 atom stereocenters. The molecule has 0 radical (unpaired) electrons. The molecule has 0 spiro atoms. The number of likely N-dealkylation sites (N-methyl/N-ethyl adjacent to an activating group) is 1. The van der Waals surface area contributed by atoms with Crippen molar-refractivity contribution in [3.63, 3.8) is 0 Å². The topological polar surface area (TPSA) is 47.3 Å². The number of halogens is 1. The molecule has 16 heavy (non-hydrogen) atoms. The maximum absolute atomic E-state index is 10.0. The van der Waals surface area contributed by atoms with Crippen molar-refractivity contribution in [2.45, 2.75) is 13.0 Å². The number of aliphatic hydroxyl groups excluding tert-OH is 1. The van der Waals surface area contributed by atoms with Crippen molar-refractivity contribution in [3.05, 3.63) is 34.3 Å². The van der Waals surface area contributed by atoms with E-state index in [1.807, 2.05) is 36.1 Å². The van der Waals surface area contributed by atoms with Crippen molar-refractivity contribution in [2.24, 2.45) is 0 Å². The highest BCUT2D eigenvalue weighted by molar-refractivity contribution is 9.10. The Labute approximate surface area is 104 Å². The molecule has 0 aromatic heterocycles. The highest BCUT2D eigenvalue weighted by atomic mass is 79.9. The number of nitriles is 1. The van der Waals surface area contributed by atoms with Gasteiger partial charge in [0.05, 0.1) is 18.7 Å². The summed E-state index contributed by atoms with van der Waals surface area (Å²) < 4.78 is 0.951. The van der Waals surface area contributed by atoms with Crippen molar-refractivity contribution in [2.75, 3.05) is 19.6 Å². The molecule has 4 heteroatoms. The van der Waals surface area contributed by atoms with E-state index in [0.717, 1.165) is 16.6 Å². The molecule has 86 valence electrons. The Bertz CT molecular complexity index is 376. The van der Waals surface area contributed by atoms with Crippen LogP contribution in [0.25, 0.3) is 0 Å². The third kappa shape index (κ3) is 3.93. The Morgan fingerprint density at radius 3 is 2.88 bits per heavy atom. The molecule has 0 saturated carbocycles. The molecule has 0 aliphatic heterocycles. The van der Waals surface area contributed by atoms with Gasteiger partial charge in [0.25, 0.3) is 0 Å². The zero-order chi connectivity index (χ0) is 12.0. The maximum atomic E-state index is 10.0. The molecule has 0 amide bonds. The quantitative estimate of drug-likeness (QED) is 0.844. The minimum Gasteiger partial charge on any atom is -0.387 e. The first-order valence-electron chi connectivity index (χ1n) is 5.20. The summed E-state index contributed by atoms with van der Waals surface area (Å²) >= 11 is 3.37. The van der Waals surface area contributed by atoms with E-state index >= 15 is 0 Å². The van der Waals surface area contributed by atoms with Crippen LogP contribution in [-0.4, -0.2) is 29.6 Å². The molecule has 0 saturated heterocycles. The minimum atomic E-state index is -0.550. The molecule has 1 rings (SSSR count). The summed E-state index contributed by atoms with van der Waals surface area (Å²) in [6.07, 6.45) is -0.550. The lowest BCUT2D eigenvalue weighted by atomic mass is 10.1. The van der Waals surface area contributed by atoms with Crippen LogP contribution in [0, 0.1) is 11.3 Å². The lowest BCUT2D eigenvalue weighted by Crippen LogP contribution is -2.28. The van der Waals surface area contributed by atoms with Crippen molar-refractivity contribution < 1.29 is 5.11 Å². The molecule has 1 aromatic carbocycles. The van der Waals surface area contributed by atoms with Gasteiger partial charge in [-0.1, -0.05) is 35.0 Å². The van der Waals surface area contributed by atoms with E-state index < -0.39 is 6.10 Å². The largest absolute Gasteiger partial charge is 0.387 e. The van der Waals surface area contributed by atoms with Gasteiger partial charge in [-0.2, -0.15) is 5.26 Å². The van der Waals surface area contributed by atoms with Crippen LogP contribution in [0.4, 0.5) is 0 Å². The van der Waals surface area contributed by atoms with Gasteiger partial charge < -0.3 is 5.11 Å². The molecule has 3 nitrogen and oxygen atoms in total. The first kappa shape index (κ1) is 13.2. The van der Waals surface area contributed by atoms with E-state index in [-0.39, 0.29) is 0 Å². The number of rotatable bonds is 5. The zero-order valence-corrected chi connectivity index (χ0v) is 10.8. The van der Waals surface area contributed by atoms with E-state index in [2.05, 4.69) is 22.0 Å². The van der Waals surface area contributed by atoms with Crippen molar-refractivity contribution in [3.8, 4) is 6.07 Å². The number of nitrogens with zero attached hydrogens (tertiary/aromatic N) is 2. The van der Waals surface area contributed by atoms with Gasteiger partial charge in [0.1, 0.15) is 0 Å². The summed E-state index contributed by atoms with van der Waals surface area (Å²) in [7, 11) is 0. The fraction of sp³-hybridized carbons (Fsp3) is 0.417. The minimum absolute atomic E-state index is 0.349. The van der Waals surface area contributed by atoms with E-state index in [9.17, 15) is 5.11 Å². The Kier molecular flexibility index (Phi) is 5.47. The first-order chi connectivity index (χ1) is 7.67. The average Bonchev–Trinajstić information content (AvgIpc) is 2.28. The van der Waals surface area contributed by atoms with Gasteiger partial charge in [0, 0.05) is 11.0 Å². The Morgan fingerprint density at radius 2 is 2.31 bits per heavy atom. The third-order valence-corrected chi connectivity index (χ3v) is 2.90. The van der Waals surface area contributed by atoms with E-state index in [1.54, 1.807) is 0 Å². The van der Waals surface area contributed by atoms with Crippen LogP contribution < -0.4 is 0 Å². The standard InChI is InChI=1S/C12H15BrN2O/c1-2-15(7-6-14)9-12(16)10-4-3-5-11(13)8-10/h3-5,8,12,16H,2,7,9H2,1H3. The molecule has 0 aliphatic rings. The fourth-order valence-electron chi connectivity index (χ4n) is 1.47. The molecule has 1 N–H and O–H groups in total. The summed E-state index contributed by atoms with van der Waals surface area (Å²) in [5, 5.41) is 18.6. The summed E-state index contributed by atoms with van der Waals surface area (Å²) in [4.78, 5) is 1.91. The van der Waals surface area contributed by atoms with Gasteiger partial charge >= 0.3 is 0 Å². The van der Waals surface area contributed by atoms with Gasteiger partial charge in [-0.15, -0.1) is 0 Å². The normalized spacial score (nSPS) is 12.4. The number of hydrogen-bond donors (Lipinski definition) is 1. The van der Waals surface area contributed by atoms with Crippen molar-refractivity contribution >= 4 is 15.9 Å². The van der Waals surface area contributed by atoms with Crippen LogP contribution in [-0.2, 0) is 0 Å². The third-order valence-electron chi connectivity index (χ3n) is 2.41. The lowest BCUT2D eigenvalue weighted by molar-refractivity contribution is 0.123. The average molecular weight is 283 g/mol. The summed E-state index contributed by atoms with van der Waals surface area (Å²) in [6.45, 7) is 3.58. The van der Waals surface area contributed by atoms with Crippen LogP contribution in [0.1, 0.15) is 18.6 Å². The second-order valence-corrected chi connectivity index (χ2v) is 4.47. The Morgan fingerprint density at radius 1 is 1.56 bits per heavy atom. The summed E-state index contributed by atoms with van der Waals surface area (Å²) in [5.41, 5.74) is 0.866. The van der Waals surface area contributed by atoms with E-state index in [4.69, 9.17) is 5.26 Å². The predicted molar refractivity (Wildman–Crippen MR) is 66.8 cm³/mol. The fourth-order valence-corrected chi connectivity index (χ4v) is 1.89. The Balaban J connectivity index is 2.64. The number of aliphatic hydroxyl groups is 1. The number of hydrogen-bond acceptors (Lipinski definition) is 3. The molecule has 0 heterocycles. The molecule has 0 fully saturated rings. The molecule has 1 aromatic rings. The van der Waals surface area contributed by atoms with Crippen LogP contribution in [0.15, 0.2) is 28.7 Å². The SMILES string of the molecule is CCN(CC#N)CC(O)c1cccc(Br)c1. The summed E-state index contributed by atoms with van der Waals surface area (Å²) in [5.74, 6) is 0. The van der Waals surface area contributed by atoms with Crippen LogP contribution in [0.2, 0.25) is 0 Å². The first-order valence-corrected chi connectivity index (χ1v) is 5.99. The summed E-state index contributed by atoms with van der Waals surface area (Å²) in [6, 6.07) is 9.68. The van der Waals surface area contributed by atoms with Crippen molar-refractivity contribution in [1.29, 1.82) is 5.26 Å². The van der Waals surface area contributed by atoms with Gasteiger partial charge in [-0.05, 0) is 24.2 Å². The molecule has 0 bridgehead atoms. The van der Waals surface area contributed by atoms with Crippen LogP contribution in [0.3, 0.4) is 0 Å². The van der Waals surface area contributed by atoms with Gasteiger partial charge in [-0.25, -0.2) is 0 Å². The van der Waals surface area contributed by atoms with Gasteiger partial charge in [0.2, 0.25) is 0 Å². The van der Waals surface area contributed by atoms with Gasteiger partial charge in [-0.3, -0.25) is 4.90 Å². The molecule has 0 aliphatic carbocycles. The highest BCUT2D eigenvalue weighted by Crippen LogP contribution is 2.18. The highest BCUT2D eigenvalue weighted by Gasteiger charge is 2.12.